The van der Waals surface area contributed by atoms with Gasteiger partial charge in [0.05, 0.1) is 11.6 Å². The molecule has 0 fully saturated rings. The third kappa shape index (κ3) is 1.61. The van der Waals surface area contributed by atoms with Gasteiger partial charge in [0, 0.05) is 17.1 Å². The summed E-state index contributed by atoms with van der Waals surface area (Å²) in [5.41, 5.74) is 3.17. The van der Waals surface area contributed by atoms with Crippen molar-refractivity contribution in [2.24, 2.45) is 0 Å². The van der Waals surface area contributed by atoms with Crippen LogP contribution in [0.5, 0.6) is 0 Å². The molecule has 0 saturated carbocycles. The Morgan fingerprint density at radius 2 is 2.00 bits per heavy atom. The number of aromatic nitrogens is 1. The maximum atomic E-state index is 8.87. The maximum Gasteiger partial charge on any atom is 0.0991 e. The van der Waals surface area contributed by atoms with Gasteiger partial charge in [-0.2, -0.15) is 5.26 Å². The average molecular weight is 198 g/mol. The second-order valence-corrected chi connectivity index (χ2v) is 4.82. The zero-order chi connectivity index (χ0) is 11.1. The molecule has 0 spiro atoms. The van der Waals surface area contributed by atoms with Gasteiger partial charge in [-0.25, -0.2) is 0 Å². The fourth-order valence-electron chi connectivity index (χ4n) is 1.81. The molecule has 1 aromatic carbocycles. The number of hydrogen-bond acceptors (Lipinski definition) is 1. The fourth-order valence-corrected chi connectivity index (χ4v) is 1.81. The zero-order valence-corrected chi connectivity index (χ0v) is 9.26. The lowest BCUT2D eigenvalue weighted by molar-refractivity contribution is 0.596. The minimum atomic E-state index is 0.104. The molecular formula is C13H14N2. The van der Waals surface area contributed by atoms with Crippen LogP contribution in [0.25, 0.3) is 10.9 Å². The van der Waals surface area contributed by atoms with Crippen LogP contribution in [0.2, 0.25) is 0 Å². The normalized spacial score (nSPS) is 11.6. The molecule has 1 N–H and O–H groups in total. The van der Waals surface area contributed by atoms with E-state index in [1.165, 1.54) is 5.56 Å². The van der Waals surface area contributed by atoms with Gasteiger partial charge in [0.25, 0.3) is 0 Å². The first-order valence-electron chi connectivity index (χ1n) is 5.04. The summed E-state index contributed by atoms with van der Waals surface area (Å²) in [6.45, 7) is 6.53. The minimum Gasteiger partial charge on any atom is -0.361 e. The molecule has 0 unspecified atom stereocenters. The Balaban J connectivity index is 2.73. The SMILES string of the molecule is CC(C)(C)c1c[nH]c2ccc(C#N)cc12. The zero-order valence-electron chi connectivity index (χ0n) is 9.26. The second kappa shape index (κ2) is 3.13. The molecule has 0 radical (unpaired) electrons. The molecule has 76 valence electrons. The molecule has 15 heavy (non-hydrogen) atoms. The van der Waals surface area contributed by atoms with E-state index in [4.69, 9.17) is 5.26 Å². The van der Waals surface area contributed by atoms with Gasteiger partial charge in [-0.3, -0.25) is 0 Å². The van der Waals surface area contributed by atoms with E-state index in [1.54, 1.807) is 0 Å². The Morgan fingerprint density at radius 1 is 1.27 bits per heavy atom. The highest BCUT2D eigenvalue weighted by atomic mass is 14.7. The number of benzene rings is 1. The third-order valence-corrected chi connectivity index (χ3v) is 2.62. The monoisotopic (exact) mass is 198 g/mol. The van der Waals surface area contributed by atoms with Gasteiger partial charge in [-0.1, -0.05) is 20.8 Å². The molecule has 0 bridgehead atoms. The van der Waals surface area contributed by atoms with Gasteiger partial charge < -0.3 is 4.98 Å². The van der Waals surface area contributed by atoms with Crippen LogP contribution in [0.1, 0.15) is 31.9 Å². The quantitative estimate of drug-likeness (QED) is 0.692. The van der Waals surface area contributed by atoms with E-state index in [9.17, 15) is 0 Å². The fraction of sp³-hybridized carbons (Fsp3) is 0.308. The van der Waals surface area contributed by atoms with Crippen LogP contribution in [-0.4, -0.2) is 4.98 Å². The number of fused-ring (bicyclic) bond motifs is 1. The Morgan fingerprint density at radius 3 is 2.60 bits per heavy atom. The van der Waals surface area contributed by atoms with E-state index >= 15 is 0 Å². The largest absolute Gasteiger partial charge is 0.361 e. The molecule has 2 nitrogen and oxygen atoms in total. The number of nitrogens with one attached hydrogen (secondary N) is 1. The lowest BCUT2D eigenvalue weighted by atomic mass is 9.86. The van der Waals surface area contributed by atoms with Gasteiger partial charge in [-0.05, 0) is 29.2 Å². The number of H-pyrrole nitrogens is 1. The van der Waals surface area contributed by atoms with Crippen molar-refractivity contribution in [2.75, 3.05) is 0 Å². The van der Waals surface area contributed by atoms with E-state index in [1.807, 2.05) is 24.4 Å². The highest BCUT2D eigenvalue weighted by Gasteiger charge is 2.18. The molecule has 0 aliphatic carbocycles. The number of hydrogen-bond donors (Lipinski definition) is 1. The summed E-state index contributed by atoms with van der Waals surface area (Å²) in [5, 5.41) is 10.0. The van der Waals surface area contributed by atoms with Crippen LogP contribution in [0.15, 0.2) is 24.4 Å². The van der Waals surface area contributed by atoms with E-state index < -0.39 is 0 Å². The predicted molar refractivity (Wildman–Crippen MR) is 61.7 cm³/mol. The average Bonchev–Trinajstić information content (AvgIpc) is 2.59. The number of nitrogens with zero attached hydrogens (tertiary/aromatic N) is 1. The molecular weight excluding hydrogens is 184 g/mol. The highest BCUT2D eigenvalue weighted by Crippen LogP contribution is 2.30. The van der Waals surface area contributed by atoms with E-state index in [0.29, 0.717) is 5.56 Å². The van der Waals surface area contributed by atoms with Crippen LogP contribution in [0, 0.1) is 11.3 Å². The van der Waals surface area contributed by atoms with Gasteiger partial charge in [0.15, 0.2) is 0 Å². The second-order valence-electron chi connectivity index (χ2n) is 4.82. The lowest BCUT2D eigenvalue weighted by Crippen LogP contribution is -2.09. The first-order valence-corrected chi connectivity index (χ1v) is 5.04. The summed E-state index contributed by atoms with van der Waals surface area (Å²) in [5.74, 6) is 0. The van der Waals surface area contributed by atoms with Crippen LogP contribution in [0.4, 0.5) is 0 Å². The molecule has 0 aliphatic heterocycles. The first-order chi connectivity index (χ1) is 7.02. The Labute approximate surface area is 89.5 Å². The summed E-state index contributed by atoms with van der Waals surface area (Å²) in [6, 6.07) is 7.92. The summed E-state index contributed by atoms with van der Waals surface area (Å²) in [6.07, 6.45) is 2.03. The molecule has 2 heteroatoms. The standard InChI is InChI=1S/C13H14N2/c1-13(2,3)11-8-15-12-5-4-9(7-14)6-10(11)12/h4-6,8,15H,1-3H3. The molecule has 0 amide bonds. The van der Waals surface area contributed by atoms with E-state index in [2.05, 4.69) is 31.8 Å². The van der Waals surface area contributed by atoms with Crippen LogP contribution >= 0.6 is 0 Å². The first kappa shape index (κ1) is 9.79. The molecule has 1 aromatic heterocycles. The number of nitriles is 1. The number of rotatable bonds is 0. The van der Waals surface area contributed by atoms with Gasteiger partial charge in [0.2, 0.25) is 0 Å². The van der Waals surface area contributed by atoms with Crippen molar-refractivity contribution in [1.29, 1.82) is 5.26 Å². The minimum absolute atomic E-state index is 0.104. The summed E-state index contributed by atoms with van der Waals surface area (Å²) in [7, 11) is 0. The van der Waals surface area contributed by atoms with Crippen LogP contribution in [-0.2, 0) is 5.41 Å². The Bertz CT molecular complexity index is 536. The van der Waals surface area contributed by atoms with Crippen molar-refractivity contribution in [1.82, 2.24) is 4.98 Å². The van der Waals surface area contributed by atoms with Gasteiger partial charge in [-0.15, -0.1) is 0 Å². The topological polar surface area (TPSA) is 39.6 Å². The number of aromatic amines is 1. The van der Waals surface area contributed by atoms with Crippen LogP contribution < -0.4 is 0 Å². The van der Waals surface area contributed by atoms with Crippen molar-refractivity contribution in [2.45, 2.75) is 26.2 Å². The van der Waals surface area contributed by atoms with Crippen molar-refractivity contribution in [3.05, 3.63) is 35.5 Å². The maximum absolute atomic E-state index is 8.87. The molecule has 0 atom stereocenters. The van der Waals surface area contributed by atoms with Crippen molar-refractivity contribution in [3.8, 4) is 6.07 Å². The molecule has 1 heterocycles. The summed E-state index contributed by atoms with van der Waals surface area (Å²) >= 11 is 0. The Kier molecular flexibility index (Phi) is 2.04. The molecule has 0 aliphatic rings. The third-order valence-electron chi connectivity index (χ3n) is 2.62. The predicted octanol–water partition coefficient (Wildman–Crippen LogP) is 3.34. The molecule has 2 rings (SSSR count). The lowest BCUT2D eigenvalue weighted by Gasteiger charge is -2.17. The molecule has 0 saturated heterocycles. The van der Waals surface area contributed by atoms with Gasteiger partial charge >= 0.3 is 0 Å². The van der Waals surface area contributed by atoms with Gasteiger partial charge in [0.1, 0.15) is 0 Å². The van der Waals surface area contributed by atoms with Crippen molar-refractivity contribution < 1.29 is 0 Å². The van der Waals surface area contributed by atoms with Crippen molar-refractivity contribution in [3.63, 3.8) is 0 Å². The summed E-state index contributed by atoms with van der Waals surface area (Å²) < 4.78 is 0. The van der Waals surface area contributed by atoms with Crippen molar-refractivity contribution >= 4 is 10.9 Å². The smallest absolute Gasteiger partial charge is 0.0991 e. The van der Waals surface area contributed by atoms with Crippen LogP contribution in [0.3, 0.4) is 0 Å². The highest BCUT2D eigenvalue weighted by molar-refractivity contribution is 5.85. The van der Waals surface area contributed by atoms with E-state index in [-0.39, 0.29) is 5.41 Å². The summed E-state index contributed by atoms with van der Waals surface area (Å²) in [4.78, 5) is 3.24. The Hall–Kier alpha value is -1.75. The van der Waals surface area contributed by atoms with E-state index in [0.717, 1.165) is 10.9 Å². The molecule has 2 aromatic rings.